The summed E-state index contributed by atoms with van der Waals surface area (Å²) in [6.45, 7) is 3.97. The maximum Gasteiger partial charge on any atom is 0.177 e. The van der Waals surface area contributed by atoms with Gasteiger partial charge in [0.05, 0.1) is 5.69 Å². The summed E-state index contributed by atoms with van der Waals surface area (Å²) in [5.41, 5.74) is 3.36. The van der Waals surface area contributed by atoms with E-state index in [1.165, 1.54) is 24.2 Å². The van der Waals surface area contributed by atoms with E-state index in [-0.39, 0.29) is 0 Å². The Bertz CT molecular complexity index is 854. The van der Waals surface area contributed by atoms with Crippen LogP contribution in [-0.2, 0) is 19.5 Å². The Morgan fingerprint density at radius 1 is 1.25 bits per heavy atom. The number of hydrogen-bond acceptors (Lipinski definition) is 6. The minimum Gasteiger partial charge on any atom is -0.352 e. The molecule has 8 nitrogen and oxygen atoms in total. The molecule has 3 aromatic heterocycles. The van der Waals surface area contributed by atoms with Crippen LogP contribution < -0.4 is 4.90 Å². The third-order valence-corrected chi connectivity index (χ3v) is 5.09. The number of aromatic nitrogens is 6. The molecule has 5 rings (SSSR count). The van der Waals surface area contributed by atoms with Gasteiger partial charge in [-0.2, -0.15) is 9.61 Å². The van der Waals surface area contributed by atoms with E-state index in [9.17, 15) is 0 Å². The Hall–Kier alpha value is -2.48. The van der Waals surface area contributed by atoms with E-state index in [4.69, 9.17) is 5.10 Å². The van der Waals surface area contributed by atoms with Crippen LogP contribution in [0.15, 0.2) is 24.5 Å². The molecule has 0 radical (unpaired) electrons. The molecule has 0 spiro atoms. The molecule has 24 heavy (non-hydrogen) atoms. The van der Waals surface area contributed by atoms with Crippen molar-refractivity contribution < 1.29 is 0 Å². The Labute approximate surface area is 139 Å². The van der Waals surface area contributed by atoms with Gasteiger partial charge in [0.25, 0.3) is 0 Å². The van der Waals surface area contributed by atoms with E-state index < -0.39 is 0 Å². The summed E-state index contributed by atoms with van der Waals surface area (Å²) in [7, 11) is 2.18. The summed E-state index contributed by atoms with van der Waals surface area (Å²) < 4.78 is 3.88. The molecule has 0 atom stereocenters. The number of nitrogens with zero attached hydrogens (tertiary/aromatic N) is 8. The number of fused-ring (bicyclic) bond motifs is 2. The Balaban J connectivity index is 1.22. The standard InChI is InChI=1S/C16H20N8/c1-21(8-12-7-13-3-2-6-23(13)19-12)14-9-22(10-14)16-5-4-15-18-17-11-24(15)20-16/h4-5,7,11,14H,2-3,6,8-10H2,1H3. The van der Waals surface area contributed by atoms with E-state index in [0.717, 1.165) is 37.6 Å². The molecule has 0 N–H and O–H groups in total. The van der Waals surface area contributed by atoms with Crippen LogP contribution in [0.4, 0.5) is 5.82 Å². The van der Waals surface area contributed by atoms with Crippen molar-refractivity contribution >= 4 is 11.5 Å². The lowest BCUT2D eigenvalue weighted by molar-refractivity contribution is 0.194. The van der Waals surface area contributed by atoms with E-state index >= 15 is 0 Å². The highest BCUT2D eigenvalue weighted by Crippen LogP contribution is 2.23. The summed E-state index contributed by atoms with van der Waals surface area (Å²) in [6, 6.07) is 6.78. The molecule has 8 heteroatoms. The van der Waals surface area contributed by atoms with Gasteiger partial charge in [-0.3, -0.25) is 9.58 Å². The van der Waals surface area contributed by atoms with Crippen LogP contribution in [-0.4, -0.2) is 60.7 Å². The molecule has 1 fully saturated rings. The van der Waals surface area contributed by atoms with Crippen LogP contribution in [0.3, 0.4) is 0 Å². The number of rotatable bonds is 4. The fourth-order valence-electron chi connectivity index (χ4n) is 3.59. The molecule has 2 aliphatic heterocycles. The first-order chi connectivity index (χ1) is 11.8. The fourth-order valence-corrected chi connectivity index (χ4v) is 3.59. The number of likely N-dealkylation sites (N-methyl/N-ethyl adjacent to an activating group) is 1. The van der Waals surface area contributed by atoms with Gasteiger partial charge in [0.1, 0.15) is 12.1 Å². The number of hydrogen-bond donors (Lipinski definition) is 0. The molecule has 5 heterocycles. The summed E-state index contributed by atoms with van der Waals surface area (Å²) in [5.74, 6) is 0.980. The van der Waals surface area contributed by atoms with Gasteiger partial charge >= 0.3 is 0 Å². The molecule has 124 valence electrons. The Morgan fingerprint density at radius 2 is 2.17 bits per heavy atom. The van der Waals surface area contributed by atoms with Gasteiger partial charge in [-0.15, -0.1) is 15.3 Å². The average molecular weight is 324 g/mol. The molecule has 2 aliphatic rings. The summed E-state index contributed by atoms with van der Waals surface area (Å²) in [5, 5.41) is 17.1. The smallest absolute Gasteiger partial charge is 0.177 e. The van der Waals surface area contributed by atoms with Crippen molar-refractivity contribution in [1.82, 2.24) is 34.5 Å². The molecule has 3 aromatic rings. The topological polar surface area (TPSA) is 67.4 Å². The lowest BCUT2D eigenvalue weighted by Crippen LogP contribution is -2.58. The van der Waals surface area contributed by atoms with Crippen LogP contribution in [0.1, 0.15) is 17.8 Å². The second-order valence-electron chi connectivity index (χ2n) is 6.75. The first-order valence-electron chi connectivity index (χ1n) is 8.44. The van der Waals surface area contributed by atoms with Crippen molar-refractivity contribution in [2.75, 3.05) is 25.0 Å². The first kappa shape index (κ1) is 13.9. The van der Waals surface area contributed by atoms with Gasteiger partial charge in [-0.05, 0) is 38.1 Å². The van der Waals surface area contributed by atoms with Crippen LogP contribution in [0.25, 0.3) is 5.65 Å². The quantitative estimate of drug-likeness (QED) is 0.700. The molecule has 0 aromatic carbocycles. The largest absolute Gasteiger partial charge is 0.352 e. The van der Waals surface area contributed by atoms with Crippen molar-refractivity contribution in [3.8, 4) is 0 Å². The summed E-state index contributed by atoms with van der Waals surface area (Å²) in [4.78, 5) is 4.68. The monoisotopic (exact) mass is 324 g/mol. The predicted octanol–water partition coefficient (Wildman–Crippen LogP) is 0.588. The number of aryl methyl sites for hydroxylation is 2. The fraction of sp³-hybridized carbons (Fsp3) is 0.500. The molecule has 1 saturated heterocycles. The first-order valence-corrected chi connectivity index (χ1v) is 8.44. The van der Waals surface area contributed by atoms with Crippen molar-refractivity contribution in [3.63, 3.8) is 0 Å². The highest BCUT2D eigenvalue weighted by atomic mass is 15.4. The normalized spacial score (nSPS) is 17.7. The van der Waals surface area contributed by atoms with Crippen LogP contribution in [0, 0.1) is 0 Å². The molecule has 0 aliphatic carbocycles. The van der Waals surface area contributed by atoms with Gasteiger partial charge in [-0.1, -0.05) is 0 Å². The minimum absolute atomic E-state index is 0.542. The second kappa shape index (κ2) is 5.27. The van der Waals surface area contributed by atoms with Crippen LogP contribution in [0.2, 0.25) is 0 Å². The molecule has 0 amide bonds. The van der Waals surface area contributed by atoms with Gasteiger partial charge in [0.15, 0.2) is 5.65 Å². The van der Waals surface area contributed by atoms with Crippen LogP contribution >= 0.6 is 0 Å². The lowest BCUT2D eigenvalue weighted by atomic mass is 10.1. The van der Waals surface area contributed by atoms with E-state index in [1.54, 1.807) is 10.8 Å². The summed E-state index contributed by atoms with van der Waals surface area (Å²) in [6.07, 6.45) is 4.05. The summed E-state index contributed by atoms with van der Waals surface area (Å²) >= 11 is 0. The lowest BCUT2D eigenvalue weighted by Gasteiger charge is -2.44. The molecule has 0 unspecified atom stereocenters. The van der Waals surface area contributed by atoms with Crippen LogP contribution in [0.5, 0.6) is 0 Å². The molecular weight excluding hydrogens is 304 g/mol. The van der Waals surface area contributed by atoms with Crippen molar-refractivity contribution in [1.29, 1.82) is 0 Å². The average Bonchev–Trinajstić information content (AvgIpc) is 3.19. The Morgan fingerprint density at radius 3 is 3.04 bits per heavy atom. The molecule has 0 saturated carbocycles. The predicted molar refractivity (Wildman–Crippen MR) is 88.8 cm³/mol. The van der Waals surface area contributed by atoms with E-state index in [0.29, 0.717) is 6.04 Å². The third kappa shape index (κ3) is 2.25. The highest BCUT2D eigenvalue weighted by molar-refractivity contribution is 5.47. The zero-order chi connectivity index (χ0) is 16.1. The number of anilines is 1. The second-order valence-corrected chi connectivity index (χ2v) is 6.75. The maximum absolute atomic E-state index is 4.71. The third-order valence-electron chi connectivity index (χ3n) is 5.09. The van der Waals surface area contributed by atoms with Gasteiger partial charge < -0.3 is 4.90 Å². The zero-order valence-corrected chi connectivity index (χ0v) is 13.7. The Kier molecular flexibility index (Phi) is 3.05. The minimum atomic E-state index is 0.542. The molecular formula is C16H20N8. The van der Waals surface area contributed by atoms with Crippen molar-refractivity contribution in [3.05, 3.63) is 35.9 Å². The van der Waals surface area contributed by atoms with Gasteiger partial charge in [0.2, 0.25) is 0 Å². The van der Waals surface area contributed by atoms with Gasteiger partial charge in [0, 0.05) is 37.9 Å². The highest BCUT2D eigenvalue weighted by Gasteiger charge is 2.31. The van der Waals surface area contributed by atoms with Crippen molar-refractivity contribution in [2.24, 2.45) is 0 Å². The van der Waals surface area contributed by atoms with Gasteiger partial charge in [-0.25, -0.2) is 0 Å². The van der Waals surface area contributed by atoms with Crippen molar-refractivity contribution in [2.45, 2.75) is 32.0 Å². The van der Waals surface area contributed by atoms with E-state index in [2.05, 4.69) is 42.9 Å². The maximum atomic E-state index is 4.71. The van der Waals surface area contributed by atoms with E-state index in [1.807, 2.05) is 12.1 Å². The molecule has 0 bridgehead atoms. The SMILES string of the molecule is CN(Cc1cc2n(n1)CCC2)C1CN(c2ccc3nncn3n2)C1. The zero-order valence-electron chi connectivity index (χ0n) is 13.7.